The van der Waals surface area contributed by atoms with Gasteiger partial charge in [0.25, 0.3) is 0 Å². The van der Waals surface area contributed by atoms with Crippen LogP contribution < -0.4 is 14.8 Å². The third kappa shape index (κ3) is 4.49. The maximum Gasteiger partial charge on any atom is 0.402 e. The number of para-hydroxylation sites is 1. The average Bonchev–Trinajstić information content (AvgIpc) is 2.43. The van der Waals surface area contributed by atoms with E-state index in [0.717, 1.165) is 7.05 Å². The predicted octanol–water partition coefficient (Wildman–Crippen LogP) is 0.614. The van der Waals surface area contributed by atoms with Gasteiger partial charge in [-0.1, -0.05) is 17.3 Å². The molecule has 11 heteroatoms. The Morgan fingerprint density at radius 1 is 1.43 bits per heavy atom. The third-order valence-corrected chi connectivity index (χ3v) is 3.87. The minimum atomic E-state index is -4.68. The summed E-state index contributed by atoms with van der Waals surface area (Å²) in [6, 6.07) is 5.63. The largest absolute Gasteiger partial charge is 0.409 e. The predicted molar refractivity (Wildman–Crippen MR) is 70.3 cm³/mol. The number of alkyl halides is 3. The minimum absolute atomic E-state index is 0.0394. The first-order valence-corrected chi connectivity index (χ1v) is 6.89. The van der Waals surface area contributed by atoms with E-state index in [2.05, 4.69) is 5.16 Å². The molecule has 21 heavy (non-hydrogen) atoms. The lowest BCUT2D eigenvalue weighted by Crippen LogP contribution is -2.43. The number of hydrogen-bond acceptors (Lipinski definition) is 4. The van der Waals surface area contributed by atoms with Gasteiger partial charge in [0.1, 0.15) is 6.54 Å². The first-order chi connectivity index (χ1) is 9.58. The molecule has 0 aliphatic carbocycles. The lowest BCUT2D eigenvalue weighted by molar-refractivity contribution is -0.121. The Kier molecular flexibility index (Phi) is 5.01. The monoisotopic (exact) mass is 326 g/mol. The quantitative estimate of drug-likeness (QED) is 0.319. The highest BCUT2D eigenvalue weighted by Gasteiger charge is 2.31. The van der Waals surface area contributed by atoms with Gasteiger partial charge in [-0.05, 0) is 12.1 Å². The Hall–Kier alpha value is -2.01. The molecule has 0 bridgehead atoms. The van der Waals surface area contributed by atoms with Crippen molar-refractivity contribution < 1.29 is 26.8 Å². The summed E-state index contributed by atoms with van der Waals surface area (Å²) in [5, 5.41) is 11.4. The van der Waals surface area contributed by atoms with Crippen molar-refractivity contribution >= 4 is 21.7 Å². The number of nitrogens with one attached hydrogen (secondary N) is 1. The highest BCUT2D eigenvalue weighted by molar-refractivity contribution is 7.90. The number of hydrogen-bond donors (Lipinski definition) is 3. The van der Waals surface area contributed by atoms with Crippen LogP contribution in [0.25, 0.3) is 0 Å². The molecule has 0 radical (unpaired) electrons. The molecule has 0 heterocycles. The normalized spacial score (nSPS) is 13.2. The van der Waals surface area contributed by atoms with Gasteiger partial charge in [-0.15, -0.1) is 0 Å². The van der Waals surface area contributed by atoms with Crippen molar-refractivity contribution in [2.24, 2.45) is 10.9 Å². The van der Waals surface area contributed by atoms with Crippen LogP contribution >= 0.6 is 0 Å². The Bertz CT molecular complexity index is 631. The summed E-state index contributed by atoms with van der Waals surface area (Å²) in [6.07, 6.45) is -4.68. The Labute approximate surface area is 119 Å². The van der Waals surface area contributed by atoms with Crippen LogP contribution in [0.3, 0.4) is 0 Å². The van der Waals surface area contributed by atoms with Gasteiger partial charge in [-0.25, -0.2) is 0 Å². The standard InChI is InChI=1S/C10H13F3N4O3S/c1-17(21(19,20)15-6-10(11,12)13)8-5-3-2-4-7(8)9(14)16-18/h2-5,15,18H,6H2,1H3,(H2,14,16). The Morgan fingerprint density at radius 3 is 2.52 bits per heavy atom. The molecule has 7 nitrogen and oxygen atoms in total. The SMILES string of the molecule is CN(c1ccccc1/C(N)=N/O)S(=O)(=O)NCC(F)(F)F. The van der Waals surface area contributed by atoms with Crippen molar-refractivity contribution in [3.8, 4) is 0 Å². The van der Waals surface area contributed by atoms with Gasteiger partial charge < -0.3 is 10.9 Å². The van der Waals surface area contributed by atoms with E-state index in [0.29, 0.717) is 4.31 Å². The molecule has 0 saturated heterocycles. The van der Waals surface area contributed by atoms with E-state index in [-0.39, 0.29) is 17.1 Å². The van der Waals surface area contributed by atoms with Crippen LogP contribution in [0.5, 0.6) is 0 Å². The summed E-state index contributed by atoms with van der Waals surface area (Å²) >= 11 is 0. The fourth-order valence-corrected chi connectivity index (χ4v) is 2.38. The number of oxime groups is 1. The van der Waals surface area contributed by atoms with Crippen LogP contribution in [0.1, 0.15) is 5.56 Å². The number of benzene rings is 1. The second kappa shape index (κ2) is 6.18. The summed E-state index contributed by atoms with van der Waals surface area (Å²) in [4.78, 5) is 0. The Morgan fingerprint density at radius 2 is 2.00 bits per heavy atom. The van der Waals surface area contributed by atoms with Crippen molar-refractivity contribution in [2.75, 3.05) is 17.9 Å². The molecule has 0 saturated carbocycles. The molecule has 0 aromatic heterocycles. The zero-order valence-electron chi connectivity index (χ0n) is 10.8. The maximum atomic E-state index is 12.1. The van der Waals surface area contributed by atoms with E-state index in [1.54, 1.807) is 0 Å². The number of nitrogens with two attached hydrogens (primary N) is 1. The van der Waals surface area contributed by atoms with E-state index in [9.17, 15) is 21.6 Å². The van der Waals surface area contributed by atoms with Crippen molar-refractivity contribution in [3.63, 3.8) is 0 Å². The van der Waals surface area contributed by atoms with Crippen LogP contribution in [0.2, 0.25) is 0 Å². The van der Waals surface area contributed by atoms with Crippen LogP contribution in [0.15, 0.2) is 29.4 Å². The molecular formula is C10H13F3N4O3S. The molecule has 0 fully saturated rings. The first kappa shape index (κ1) is 17.0. The van der Waals surface area contributed by atoms with Gasteiger partial charge in [-0.3, -0.25) is 4.31 Å². The van der Waals surface area contributed by atoms with Crippen molar-refractivity contribution in [1.29, 1.82) is 0 Å². The number of nitrogens with zero attached hydrogens (tertiary/aromatic N) is 2. The fraction of sp³-hybridized carbons (Fsp3) is 0.300. The van der Waals surface area contributed by atoms with Crippen LogP contribution in [-0.4, -0.2) is 39.2 Å². The average molecular weight is 326 g/mol. The van der Waals surface area contributed by atoms with E-state index in [4.69, 9.17) is 10.9 Å². The lowest BCUT2D eigenvalue weighted by Gasteiger charge is -2.22. The van der Waals surface area contributed by atoms with Gasteiger partial charge in [-0.2, -0.15) is 26.3 Å². The highest BCUT2D eigenvalue weighted by Crippen LogP contribution is 2.21. The molecule has 1 aromatic carbocycles. The maximum absolute atomic E-state index is 12.1. The minimum Gasteiger partial charge on any atom is -0.409 e. The smallest absolute Gasteiger partial charge is 0.402 e. The number of amidine groups is 1. The summed E-state index contributed by atoms with van der Waals surface area (Å²) in [5.74, 6) is -0.372. The molecule has 0 aliphatic heterocycles. The van der Waals surface area contributed by atoms with Crippen molar-refractivity contribution in [2.45, 2.75) is 6.18 Å². The molecule has 1 aromatic rings. The van der Waals surface area contributed by atoms with E-state index < -0.39 is 22.9 Å². The molecule has 0 unspecified atom stereocenters. The first-order valence-electron chi connectivity index (χ1n) is 5.45. The van der Waals surface area contributed by atoms with Crippen molar-refractivity contribution in [1.82, 2.24) is 4.72 Å². The van der Waals surface area contributed by atoms with Crippen LogP contribution in [0.4, 0.5) is 18.9 Å². The second-order valence-corrected chi connectivity index (χ2v) is 5.70. The van der Waals surface area contributed by atoms with Crippen LogP contribution in [0, 0.1) is 0 Å². The van der Waals surface area contributed by atoms with Crippen molar-refractivity contribution in [3.05, 3.63) is 29.8 Å². The third-order valence-electron chi connectivity index (χ3n) is 2.44. The molecule has 0 aliphatic rings. The summed E-state index contributed by atoms with van der Waals surface area (Å²) in [6.45, 7) is -1.70. The van der Waals surface area contributed by atoms with Gasteiger partial charge in [0.2, 0.25) is 0 Å². The summed E-state index contributed by atoms with van der Waals surface area (Å²) < 4.78 is 61.9. The van der Waals surface area contributed by atoms with E-state index in [1.807, 2.05) is 0 Å². The molecule has 4 N–H and O–H groups in total. The molecule has 118 valence electrons. The molecule has 0 atom stereocenters. The number of halogens is 3. The molecular weight excluding hydrogens is 313 g/mol. The van der Waals surface area contributed by atoms with Gasteiger partial charge in [0.15, 0.2) is 5.84 Å². The van der Waals surface area contributed by atoms with E-state index in [1.165, 1.54) is 29.0 Å². The molecule has 0 spiro atoms. The molecule has 1 rings (SSSR count). The molecule has 0 amide bonds. The summed E-state index contributed by atoms with van der Waals surface area (Å²) in [5.41, 5.74) is 5.41. The van der Waals surface area contributed by atoms with Gasteiger partial charge >= 0.3 is 16.4 Å². The van der Waals surface area contributed by atoms with Gasteiger partial charge in [0, 0.05) is 12.6 Å². The summed E-state index contributed by atoms with van der Waals surface area (Å²) in [7, 11) is -3.40. The lowest BCUT2D eigenvalue weighted by atomic mass is 10.1. The Balaban J connectivity index is 3.11. The highest BCUT2D eigenvalue weighted by atomic mass is 32.2. The fourth-order valence-electron chi connectivity index (χ4n) is 1.42. The number of anilines is 1. The van der Waals surface area contributed by atoms with Gasteiger partial charge in [0.05, 0.1) is 5.69 Å². The zero-order valence-corrected chi connectivity index (χ0v) is 11.6. The number of rotatable bonds is 5. The topological polar surface area (TPSA) is 108 Å². The van der Waals surface area contributed by atoms with Crippen LogP contribution in [-0.2, 0) is 10.2 Å². The second-order valence-electron chi connectivity index (χ2n) is 3.91. The van der Waals surface area contributed by atoms with E-state index >= 15 is 0 Å². The zero-order chi connectivity index (χ0) is 16.3.